The van der Waals surface area contributed by atoms with Crippen LogP contribution in [0.3, 0.4) is 0 Å². The number of hydrogen-bond donors (Lipinski definition) is 1. The van der Waals surface area contributed by atoms with Crippen LogP contribution in [0.25, 0.3) is 22.4 Å². The zero-order valence-corrected chi connectivity index (χ0v) is 16.9. The Morgan fingerprint density at radius 2 is 1.89 bits per heavy atom. The summed E-state index contributed by atoms with van der Waals surface area (Å²) in [4.78, 5) is 9.19. The number of halogens is 2. The van der Waals surface area contributed by atoms with E-state index in [2.05, 4.69) is 20.2 Å². The van der Waals surface area contributed by atoms with Gasteiger partial charge in [0.1, 0.15) is 11.6 Å². The van der Waals surface area contributed by atoms with Crippen LogP contribution < -0.4 is 4.74 Å². The second-order valence-electron chi connectivity index (χ2n) is 5.82. The molecule has 2 heterocycles. The number of aryl methyl sites for hydroxylation is 1. The SMILES string of the molecule is COc1ccc(Cl)cc1-c1nc(SCc2nc3cc(Cl)ccc3n2C)n[nH]1. The minimum absolute atomic E-state index is 0.605. The standard InChI is InChI=1S/C18H15Cl2N5OS/c1-25-14-5-3-11(20)8-13(14)21-16(25)9-27-18-22-17(23-24-18)12-7-10(19)4-6-15(12)26-2/h3-8H,9H2,1-2H3,(H,22,23,24). The van der Waals surface area contributed by atoms with Gasteiger partial charge in [-0.15, -0.1) is 5.10 Å². The van der Waals surface area contributed by atoms with Gasteiger partial charge in [0, 0.05) is 17.1 Å². The summed E-state index contributed by atoms with van der Waals surface area (Å²) in [7, 11) is 3.59. The van der Waals surface area contributed by atoms with Gasteiger partial charge in [0.2, 0.25) is 5.16 Å². The van der Waals surface area contributed by atoms with Crippen LogP contribution in [0.4, 0.5) is 0 Å². The predicted molar refractivity (Wildman–Crippen MR) is 109 cm³/mol. The summed E-state index contributed by atoms with van der Waals surface area (Å²) in [5, 5.41) is 9.13. The fourth-order valence-corrected chi connectivity index (χ4v) is 3.90. The zero-order valence-electron chi connectivity index (χ0n) is 14.5. The largest absolute Gasteiger partial charge is 0.496 e. The Labute approximate surface area is 169 Å². The first-order valence-electron chi connectivity index (χ1n) is 8.05. The van der Waals surface area contributed by atoms with Gasteiger partial charge < -0.3 is 9.30 Å². The molecule has 0 fully saturated rings. The van der Waals surface area contributed by atoms with Crippen LogP contribution in [-0.2, 0) is 12.8 Å². The summed E-state index contributed by atoms with van der Waals surface area (Å²) < 4.78 is 7.42. The molecule has 4 rings (SSSR count). The van der Waals surface area contributed by atoms with E-state index in [0.29, 0.717) is 32.5 Å². The Hall–Kier alpha value is -2.22. The molecule has 138 valence electrons. The van der Waals surface area contributed by atoms with E-state index in [1.54, 1.807) is 25.3 Å². The van der Waals surface area contributed by atoms with Crippen molar-refractivity contribution in [2.75, 3.05) is 7.11 Å². The van der Waals surface area contributed by atoms with E-state index < -0.39 is 0 Å². The molecule has 27 heavy (non-hydrogen) atoms. The van der Waals surface area contributed by atoms with Crippen molar-refractivity contribution in [1.29, 1.82) is 0 Å². The molecule has 9 heteroatoms. The fourth-order valence-electron chi connectivity index (χ4n) is 2.78. The fraction of sp³-hybridized carbons (Fsp3) is 0.167. The van der Waals surface area contributed by atoms with Crippen LogP contribution in [0.1, 0.15) is 5.82 Å². The van der Waals surface area contributed by atoms with E-state index in [1.165, 1.54) is 11.8 Å². The average Bonchev–Trinajstić information content (AvgIpc) is 3.24. The van der Waals surface area contributed by atoms with Crippen molar-refractivity contribution in [2.24, 2.45) is 7.05 Å². The highest BCUT2D eigenvalue weighted by Crippen LogP contribution is 2.31. The minimum atomic E-state index is 0.605. The molecule has 0 saturated carbocycles. The lowest BCUT2D eigenvalue weighted by atomic mass is 10.2. The number of hydrogen-bond acceptors (Lipinski definition) is 5. The van der Waals surface area contributed by atoms with Gasteiger partial charge in [-0.3, -0.25) is 5.10 Å². The predicted octanol–water partition coefficient (Wildman–Crippen LogP) is 4.97. The number of nitrogens with one attached hydrogen (secondary N) is 1. The third-order valence-electron chi connectivity index (χ3n) is 4.15. The molecule has 0 unspecified atom stereocenters. The molecule has 4 aromatic rings. The van der Waals surface area contributed by atoms with Crippen molar-refractivity contribution in [3.8, 4) is 17.1 Å². The number of rotatable bonds is 5. The van der Waals surface area contributed by atoms with Gasteiger partial charge >= 0.3 is 0 Å². The monoisotopic (exact) mass is 419 g/mol. The highest BCUT2D eigenvalue weighted by atomic mass is 35.5. The van der Waals surface area contributed by atoms with Crippen LogP contribution in [0.2, 0.25) is 10.0 Å². The van der Waals surface area contributed by atoms with Crippen molar-refractivity contribution in [2.45, 2.75) is 10.9 Å². The zero-order chi connectivity index (χ0) is 19.0. The highest BCUT2D eigenvalue weighted by molar-refractivity contribution is 7.98. The number of H-pyrrole nitrogens is 1. The van der Waals surface area contributed by atoms with Gasteiger partial charge in [0.25, 0.3) is 0 Å². The second-order valence-corrected chi connectivity index (χ2v) is 7.64. The number of aromatic nitrogens is 5. The molecule has 0 saturated heterocycles. The number of thioether (sulfide) groups is 1. The van der Waals surface area contributed by atoms with Gasteiger partial charge in [-0.2, -0.15) is 0 Å². The Balaban J connectivity index is 1.56. The molecule has 0 radical (unpaired) electrons. The van der Waals surface area contributed by atoms with Crippen LogP contribution in [0, 0.1) is 0 Å². The van der Waals surface area contributed by atoms with E-state index in [9.17, 15) is 0 Å². The van der Waals surface area contributed by atoms with Gasteiger partial charge in [0.15, 0.2) is 5.82 Å². The van der Waals surface area contributed by atoms with Crippen LogP contribution >= 0.6 is 35.0 Å². The van der Waals surface area contributed by atoms with E-state index in [4.69, 9.17) is 27.9 Å². The normalized spacial score (nSPS) is 11.3. The number of ether oxygens (including phenoxy) is 1. The lowest BCUT2D eigenvalue weighted by molar-refractivity contribution is 0.416. The summed E-state index contributed by atoms with van der Waals surface area (Å²) in [6.07, 6.45) is 0. The van der Waals surface area contributed by atoms with Crippen LogP contribution in [0.15, 0.2) is 41.6 Å². The maximum Gasteiger partial charge on any atom is 0.209 e. The van der Waals surface area contributed by atoms with Crippen molar-refractivity contribution in [3.05, 3.63) is 52.3 Å². The minimum Gasteiger partial charge on any atom is -0.496 e. The first kappa shape index (κ1) is 18.2. The number of fused-ring (bicyclic) bond motifs is 1. The summed E-state index contributed by atoms with van der Waals surface area (Å²) in [5.41, 5.74) is 2.68. The van der Waals surface area contributed by atoms with Gasteiger partial charge in [0.05, 0.1) is 29.5 Å². The Kier molecular flexibility index (Phi) is 4.99. The van der Waals surface area contributed by atoms with Crippen molar-refractivity contribution >= 4 is 46.0 Å². The Morgan fingerprint density at radius 1 is 1.11 bits per heavy atom. The van der Waals surface area contributed by atoms with Crippen molar-refractivity contribution < 1.29 is 4.74 Å². The molecular weight excluding hydrogens is 405 g/mol. The van der Waals surface area contributed by atoms with Gasteiger partial charge in [-0.05, 0) is 36.4 Å². The molecule has 2 aromatic carbocycles. The summed E-state index contributed by atoms with van der Waals surface area (Å²) in [6, 6.07) is 11.1. The van der Waals surface area contributed by atoms with E-state index >= 15 is 0 Å². The number of benzene rings is 2. The molecular formula is C18H15Cl2N5OS. The highest BCUT2D eigenvalue weighted by Gasteiger charge is 2.14. The van der Waals surface area contributed by atoms with Gasteiger partial charge in [-0.1, -0.05) is 35.0 Å². The summed E-state index contributed by atoms with van der Waals surface area (Å²) in [6.45, 7) is 0. The molecule has 0 spiro atoms. The molecule has 0 atom stereocenters. The molecule has 0 aliphatic heterocycles. The maximum absolute atomic E-state index is 6.10. The Morgan fingerprint density at radius 3 is 2.70 bits per heavy atom. The first-order chi connectivity index (χ1) is 13.0. The number of imidazole rings is 1. The quantitative estimate of drug-likeness (QED) is 0.462. The topological polar surface area (TPSA) is 68.6 Å². The number of aromatic amines is 1. The molecule has 0 aliphatic rings. The molecule has 6 nitrogen and oxygen atoms in total. The molecule has 2 aromatic heterocycles. The molecule has 0 aliphatic carbocycles. The second kappa shape index (κ2) is 7.42. The first-order valence-corrected chi connectivity index (χ1v) is 9.79. The summed E-state index contributed by atoms with van der Waals surface area (Å²) >= 11 is 13.6. The summed E-state index contributed by atoms with van der Waals surface area (Å²) in [5.74, 6) is 2.84. The third-order valence-corrected chi connectivity index (χ3v) is 5.46. The van der Waals surface area contributed by atoms with Gasteiger partial charge in [-0.25, -0.2) is 9.97 Å². The van der Waals surface area contributed by atoms with Crippen LogP contribution in [-0.4, -0.2) is 31.8 Å². The smallest absolute Gasteiger partial charge is 0.209 e. The van der Waals surface area contributed by atoms with Crippen molar-refractivity contribution in [1.82, 2.24) is 24.7 Å². The Bertz CT molecular complexity index is 1120. The molecule has 0 bridgehead atoms. The number of nitrogens with zero attached hydrogens (tertiary/aromatic N) is 4. The van der Waals surface area contributed by atoms with Crippen molar-refractivity contribution in [3.63, 3.8) is 0 Å². The average molecular weight is 420 g/mol. The molecule has 1 N–H and O–H groups in total. The number of methoxy groups -OCH3 is 1. The van der Waals surface area contributed by atoms with E-state index in [0.717, 1.165) is 22.4 Å². The van der Waals surface area contributed by atoms with Crippen LogP contribution in [0.5, 0.6) is 5.75 Å². The van der Waals surface area contributed by atoms with E-state index in [-0.39, 0.29) is 0 Å². The maximum atomic E-state index is 6.10. The third kappa shape index (κ3) is 3.63. The lowest BCUT2D eigenvalue weighted by Crippen LogP contribution is -1.95. The lowest BCUT2D eigenvalue weighted by Gasteiger charge is -2.05. The molecule has 0 amide bonds. The van der Waals surface area contributed by atoms with E-state index in [1.807, 2.05) is 29.8 Å².